The molecule has 3 aromatic carbocycles. The number of pyridine rings is 2. The second-order valence-corrected chi connectivity index (χ2v) is 15.5. The number of phenolic OH excluding ortho intramolecular Hbond substituents is 2. The second kappa shape index (κ2) is 15.0. The summed E-state index contributed by atoms with van der Waals surface area (Å²) in [4.78, 5) is 24.9. The number of carbonyl (C=O) groups is 1. The van der Waals surface area contributed by atoms with Crippen molar-refractivity contribution >= 4 is 39.1 Å². The van der Waals surface area contributed by atoms with Crippen LogP contribution in [0.4, 0.5) is 10.5 Å². The molecule has 2 saturated heterocycles. The van der Waals surface area contributed by atoms with Gasteiger partial charge in [-0.15, -0.1) is 5.10 Å². The molecule has 0 saturated carbocycles. The third kappa shape index (κ3) is 7.03. The van der Waals surface area contributed by atoms with Crippen LogP contribution in [0.3, 0.4) is 0 Å². The number of ether oxygens (including phenoxy) is 1. The van der Waals surface area contributed by atoms with E-state index in [-0.39, 0.29) is 35.3 Å². The number of piperazine rings is 1. The molecule has 0 bridgehead atoms. The number of rotatable bonds is 8. The van der Waals surface area contributed by atoms with Crippen LogP contribution >= 0.6 is 0 Å². The van der Waals surface area contributed by atoms with Crippen LogP contribution < -0.4 is 9.64 Å². The smallest absolute Gasteiger partial charge is 0.416 e. The molecule has 7 aromatic rings. The zero-order chi connectivity index (χ0) is 39.2. The number of carbonyl (C=O) groups excluding carboxylic acids is 1. The summed E-state index contributed by atoms with van der Waals surface area (Å²) >= 11 is 0. The van der Waals surface area contributed by atoms with Crippen molar-refractivity contribution in [3.63, 3.8) is 0 Å². The summed E-state index contributed by atoms with van der Waals surface area (Å²) in [6.07, 6.45) is 4.72. The third-order valence-electron chi connectivity index (χ3n) is 11.7. The van der Waals surface area contributed by atoms with Gasteiger partial charge in [0.2, 0.25) is 5.88 Å². The van der Waals surface area contributed by atoms with Crippen LogP contribution in [0, 0.1) is 5.92 Å². The molecule has 2 aliphatic heterocycles. The normalized spacial score (nSPS) is 15.7. The van der Waals surface area contributed by atoms with Gasteiger partial charge < -0.3 is 29.9 Å². The van der Waals surface area contributed by atoms with Gasteiger partial charge in [0.25, 0.3) is 0 Å². The van der Waals surface area contributed by atoms with Crippen molar-refractivity contribution in [2.45, 2.75) is 39.0 Å². The standard InChI is InChI=1S/C44H46N8O5/c1-28(2)34-25-35(39(54)26-38(34)53)42-46-47-43(55)52(42)33-12-10-32(11-13-33)49-22-20-48(21-23-49)17-14-29-15-18-50(19-16-29)44(56)57-40-9-5-8-37-41-31(27-51(37)40)24-30-6-3-4-7-36(30)45-41/h3-13,24-29,53-54H,14-23H2,1-2H3,(H,47,55). The summed E-state index contributed by atoms with van der Waals surface area (Å²) in [6, 6.07) is 26.5. The summed E-state index contributed by atoms with van der Waals surface area (Å²) in [5.74, 6) is 1.23. The average molecular weight is 767 g/mol. The van der Waals surface area contributed by atoms with E-state index in [0.29, 0.717) is 41.7 Å². The molecule has 57 heavy (non-hydrogen) atoms. The van der Waals surface area contributed by atoms with E-state index in [4.69, 9.17) is 9.72 Å². The number of nitrogens with zero attached hydrogens (tertiary/aromatic N) is 8. The monoisotopic (exact) mass is 766 g/mol. The molecule has 1 amide bonds. The van der Waals surface area contributed by atoms with E-state index in [9.17, 15) is 20.1 Å². The highest BCUT2D eigenvalue weighted by Gasteiger charge is 2.27. The maximum atomic E-state index is 13.3. The van der Waals surface area contributed by atoms with Crippen molar-refractivity contribution in [2.24, 2.45) is 5.92 Å². The molecule has 6 heterocycles. The first-order valence-electron chi connectivity index (χ1n) is 19.7. The number of hydrogen-bond donors (Lipinski definition) is 3. The van der Waals surface area contributed by atoms with Crippen molar-refractivity contribution in [3.05, 3.63) is 96.7 Å². The predicted molar refractivity (Wildman–Crippen MR) is 220 cm³/mol. The zero-order valence-corrected chi connectivity index (χ0v) is 32.1. The summed E-state index contributed by atoms with van der Waals surface area (Å²) in [5.41, 5.74) is 5.52. The molecule has 0 aliphatic carbocycles. The minimum absolute atomic E-state index is 0.00979. The Balaban J connectivity index is 0.761. The zero-order valence-electron chi connectivity index (χ0n) is 32.1. The van der Waals surface area contributed by atoms with Crippen LogP contribution in [-0.4, -0.2) is 101 Å². The molecule has 3 N–H and O–H groups in total. The van der Waals surface area contributed by atoms with Crippen molar-refractivity contribution in [1.82, 2.24) is 33.9 Å². The van der Waals surface area contributed by atoms with Crippen LogP contribution in [0.5, 0.6) is 23.4 Å². The van der Waals surface area contributed by atoms with Crippen LogP contribution in [-0.2, 0) is 0 Å². The molecule has 4 aromatic heterocycles. The first kappa shape index (κ1) is 36.3. The van der Waals surface area contributed by atoms with Gasteiger partial charge in [-0.25, -0.2) is 14.3 Å². The van der Waals surface area contributed by atoms with Crippen LogP contribution in [0.2, 0.25) is 0 Å². The number of aromatic hydroxyl groups is 3. The highest BCUT2D eigenvalue weighted by atomic mass is 16.6. The molecule has 2 fully saturated rings. The number of benzene rings is 3. The van der Waals surface area contributed by atoms with Gasteiger partial charge in [0.15, 0.2) is 5.82 Å². The molecule has 13 nitrogen and oxygen atoms in total. The summed E-state index contributed by atoms with van der Waals surface area (Å²) < 4.78 is 9.40. The van der Waals surface area contributed by atoms with E-state index < -0.39 is 0 Å². The van der Waals surface area contributed by atoms with Gasteiger partial charge in [0, 0.05) is 68.0 Å². The van der Waals surface area contributed by atoms with E-state index >= 15 is 0 Å². The van der Waals surface area contributed by atoms with E-state index in [1.54, 1.807) is 6.07 Å². The number of hydrogen-bond acceptors (Lipinski definition) is 10. The lowest BCUT2D eigenvalue weighted by Gasteiger charge is -2.37. The fourth-order valence-electron chi connectivity index (χ4n) is 8.37. The van der Waals surface area contributed by atoms with Gasteiger partial charge in [-0.2, -0.15) is 0 Å². The number of aromatic nitrogens is 5. The number of amides is 1. The molecule has 0 radical (unpaired) electrons. The Morgan fingerprint density at radius 2 is 1.56 bits per heavy atom. The number of fused-ring (bicyclic) bond motifs is 4. The molecule has 0 unspecified atom stereocenters. The Bertz CT molecular complexity index is 2580. The van der Waals surface area contributed by atoms with Gasteiger partial charge in [0.1, 0.15) is 11.5 Å². The van der Waals surface area contributed by atoms with Gasteiger partial charge >= 0.3 is 12.1 Å². The van der Waals surface area contributed by atoms with Crippen molar-refractivity contribution in [1.29, 1.82) is 0 Å². The van der Waals surface area contributed by atoms with Crippen LogP contribution in [0.1, 0.15) is 44.6 Å². The Labute approximate surface area is 330 Å². The summed E-state index contributed by atoms with van der Waals surface area (Å²) in [7, 11) is 0. The first-order valence-corrected chi connectivity index (χ1v) is 19.7. The quantitative estimate of drug-likeness (QED) is 0.142. The van der Waals surface area contributed by atoms with E-state index in [1.807, 2.05) is 90.0 Å². The second-order valence-electron chi connectivity index (χ2n) is 15.5. The number of piperidine rings is 1. The molecule has 292 valence electrons. The Morgan fingerprint density at radius 1 is 0.807 bits per heavy atom. The lowest BCUT2D eigenvalue weighted by Crippen LogP contribution is -2.47. The van der Waals surface area contributed by atoms with Gasteiger partial charge in [-0.3, -0.25) is 9.30 Å². The van der Waals surface area contributed by atoms with E-state index in [2.05, 4.69) is 32.1 Å². The molecular weight excluding hydrogens is 721 g/mol. The van der Waals surface area contributed by atoms with E-state index in [1.165, 1.54) is 10.6 Å². The molecule has 0 atom stereocenters. The fourth-order valence-corrected chi connectivity index (χ4v) is 8.37. The number of para-hydroxylation sites is 1. The van der Waals surface area contributed by atoms with Crippen molar-refractivity contribution in [3.8, 4) is 40.5 Å². The molecule has 2 aliphatic rings. The predicted octanol–water partition coefficient (Wildman–Crippen LogP) is 7.55. The fraction of sp³-hybridized carbons (Fsp3) is 0.318. The first-order chi connectivity index (χ1) is 27.7. The number of anilines is 1. The lowest BCUT2D eigenvalue weighted by atomic mass is 9.93. The van der Waals surface area contributed by atoms with Crippen molar-refractivity contribution < 1.29 is 24.9 Å². The maximum absolute atomic E-state index is 13.3. The van der Waals surface area contributed by atoms with Gasteiger partial charge in [-0.05, 0) is 97.8 Å². The molecule has 13 heteroatoms. The minimum Gasteiger partial charge on any atom is -0.508 e. The summed E-state index contributed by atoms with van der Waals surface area (Å²) in [5, 5.41) is 41.8. The highest BCUT2D eigenvalue weighted by molar-refractivity contribution is 6.01. The molecular formula is C44H46N8O5. The topological polar surface area (TPSA) is 145 Å². The SMILES string of the molecule is CC(C)c1cc(-c2nnc(O)n2-c2ccc(N3CCN(CCC4CCN(C(=O)Oc5cccc6c7nc8ccccc8cc7cn56)CC4)CC3)cc2)c(O)cc1O. The maximum Gasteiger partial charge on any atom is 0.416 e. The van der Waals surface area contributed by atoms with Crippen molar-refractivity contribution in [2.75, 3.05) is 50.7 Å². The Morgan fingerprint density at radius 3 is 2.33 bits per heavy atom. The van der Waals surface area contributed by atoms with Gasteiger partial charge in [0.05, 0.1) is 27.8 Å². The third-order valence-corrected chi connectivity index (χ3v) is 11.7. The largest absolute Gasteiger partial charge is 0.508 e. The Hall–Kier alpha value is -6.34. The van der Waals surface area contributed by atoms with Crippen LogP contribution in [0.15, 0.2) is 91.1 Å². The average Bonchev–Trinajstić information content (AvgIpc) is 3.79. The Kier molecular flexibility index (Phi) is 9.53. The van der Waals surface area contributed by atoms with Crippen LogP contribution in [0.25, 0.3) is 44.4 Å². The summed E-state index contributed by atoms with van der Waals surface area (Å²) in [6.45, 7) is 10.1. The lowest BCUT2D eigenvalue weighted by molar-refractivity contribution is 0.123. The highest BCUT2D eigenvalue weighted by Crippen LogP contribution is 2.39. The van der Waals surface area contributed by atoms with E-state index in [0.717, 1.165) is 85.0 Å². The van der Waals surface area contributed by atoms with Gasteiger partial charge in [-0.1, -0.05) is 43.2 Å². The number of phenols is 2. The molecule has 0 spiro atoms. The molecule has 9 rings (SSSR count). The number of likely N-dealkylation sites (tertiary alicyclic amines) is 1. The minimum atomic E-state index is -0.309.